The molecular formula is C17H19FN4O2. The molecule has 1 aromatic carbocycles. The van der Waals surface area contributed by atoms with Gasteiger partial charge in [-0.3, -0.25) is 4.79 Å². The molecule has 1 atom stereocenters. The highest BCUT2D eigenvalue weighted by molar-refractivity contribution is 5.82. The number of para-hydroxylation sites is 1. The number of amides is 1. The van der Waals surface area contributed by atoms with Gasteiger partial charge in [0, 0.05) is 24.9 Å². The maximum Gasteiger partial charge on any atom is 0.261 e. The quantitative estimate of drug-likeness (QED) is 0.929. The van der Waals surface area contributed by atoms with Crippen molar-refractivity contribution in [3.63, 3.8) is 0 Å². The number of nitrogens with one attached hydrogen (secondary N) is 1. The molecule has 1 N–H and O–H groups in total. The summed E-state index contributed by atoms with van der Waals surface area (Å²) in [7, 11) is 1.92. The second-order valence-electron chi connectivity index (χ2n) is 6.42. The van der Waals surface area contributed by atoms with Crippen LogP contribution in [0, 0.1) is 5.82 Å². The fraction of sp³-hybridized carbons (Fsp3) is 0.471. The topological polar surface area (TPSA) is 69.0 Å². The lowest BCUT2D eigenvalue weighted by atomic mass is 9.85. The van der Waals surface area contributed by atoms with Crippen molar-refractivity contribution in [2.75, 3.05) is 0 Å². The number of benzene rings is 1. The van der Waals surface area contributed by atoms with E-state index in [9.17, 15) is 9.18 Å². The van der Waals surface area contributed by atoms with Crippen LogP contribution in [0.15, 0.2) is 18.2 Å². The summed E-state index contributed by atoms with van der Waals surface area (Å²) in [5, 5.41) is 11.2. The number of hydrogen-bond donors (Lipinski definition) is 1. The number of rotatable bonds is 4. The molecule has 0 radical (unpaired) electrons. The highest BCUT2D eigenvalue weighted by atomic mass is 19.1. The van der Waals surface area contributed by atoms with Crippen LogP contribution in [0.25, 0.3) is 0 Å². The number of hydrogen-bond acceptors (Lipinski definition) is 4. The van der Waals surface area contributed by atoms with Gasteiger partial charge in [-0.05, 0) is 18.9 Å². The number of carbonyl (C=O) groups excluding carboxylic acids is 1. The van der Waals surface area contributed by atoms with Gasteiger partial charge in [0.25, 0.3) is 5.91 Å². The SMILES string of the molecule is Cn1c(CNC(=O)C2Cc3cccc(F)c3O2)nnc1C1CCC1. The minimum Gasteiger partial charge on any atom is -0.477 e. The molecule has 1 aliphatic heterocycles. The largest absolute Gasteiger partial charge is 0.477 e. The predicted octanol–water partition coefficient (Wildman–Crippen LogP) is 1.84. The first-order valence-corrected chi connectivity index (χ1v) is 8.23. The normalized spacial score (nSPS) is 19.5. The molecule has 0 bridgehead atoms. The smallest absolute Gasteiger partial charge is 0.261 e. The fourth-order valence-electron chi connectivity index (χ4n) is 3.21. The number of ether oxygens (including phenoxy) is 1. The van der Waals surface area contributed by atoms with Crippen LogP contribution in [0.3, 0.4) is 0 Å². The first-order chi connectivity index (χ1) is 11.6. The Hall–Kier alpha value is -2.44. The maximum atomic E-state index is 13.7. The molecule has 0 spiro atoms. The van der Waals surface area contributed by atoms with Gasteiger partial charge in [-0.1, -0.05) is 18.6 Å². The first-order valence-electron chi connectivity index (χ1n) is 8.23. The van der Waals surface area contributed by atoms with E-state index in [1.54, 1.807) is 12.1 Å². The molecule has 6 nitrogen and oxygen atoms in total. The van der Waals surface area contributed by atoms with Crippen LogP contribution >= 0.6 is 0 Å². The van der Waals surface area contributed by atoms with Crippen LogP contribution in [0.5, 0.6) is 5.75 Å². The molecule has 7 heteroatoms. The van der Waals surface area contributed by atoms with Gasteiger partial charge in [0.2, 0.25) is 0 Å². The van der Waals surface area contributed by atoms with E-state index in [4.69, 9.17) is 4.74 Å². The average molecular weight is 330 g/mol. The lowest BCUT2D eigenvalue weighted by Crippen LogP contribution is -2.37. The van der Waals surface area contributed by atoms with E-state index in [0.717, 1.165) is 24.2 Å². The van der Waals surface area contributed by atoms with Crippen LogP contribution in [-0.4, -0.2) is 26.8 Å². The Morgan fingerprint density at radius 2 is 2.25 bits per heavy atom. The molecule has 1 aromatic heterocycles. The number of halogens is 1. The summed E-state index contributed by atoms with van der Waals surface area (Å²) in [5.41, 5.74) is 0.723. The zero-order valence-corrected chi connectivity index (χ0v) is 13.5. The van der Waals surface area contributed by atoms with Crippen molar-refractivity contribution in [2.24, 2.45) is 7.05 Å². The van der Waals surface area contributed by atoms with Gasteiger partial charge < -0.3 is 14.6 Å². The van der Waals surface area contributed by atoms with E-state index in [1.165, 1.54) is 12.5 Å². The zero-order chi connectivity index (χ0) is 16.7. The Labute approximate surface area is 139 Å². The van der Waals surface area contributed by atoms with Crippen LogP contribution in [0.1, 0.15) is 42.4 Å². The third-order valence-electron chi connectivity index (χ3n) is 4.90. The molecule has 2 aliphatic rings. The molecule has 126 valence electrons. The van der Waals surface area contributed by atoms with Gasteiger partial charge in [0.05, 0.1) is 6.54 Å². The summed E-state index contributed by atoms with van der Waals surface area (Å²) in [6, 6.07) is 4.74. The van der Waals surface area contributed by atoms with E-state index in [1.807, 2.05) is 11.6 Å². The number of fused-ring (bicyclic) bond motifs is 1. The van der Waals surface area contributed by atoms with Crippen molar-refractivity contribution in [1.29, 1.82) is 0 Å². The highest BCUT2D eigenvalue weighted by Gasteiger charge is 2.31. The average Bonchev–Trinajstić information content (AvgIpc) is 3.10. The molecule has 4 rings (SSSR count). The van der Waals surface area contributed by atoms with Crippen molar-refractivity contribution in [1.82, 2.24) is 20.1 Å². The Balaban J connectivity index is 1.38. The molecule has 2 heterocycles. The number of nitrogens with zero attached hydrogens (tertiary/aromatic N) is 3. The third kappa shape index (κ3) is 2.53. The zero-order valence-electron chi connectivity index (χ0n) is 13.5. The van der Waals surface area contributed by atoms with Crippen LogP contribution < -0.4 is 10.1 Å². The van der Waals surface area contributed by atoms with Gasteiger partial charge in [-0.2, -0.15) is 0 Å². The standard InChI is InChI=1S/C17H19FN4O2/c1-22-14(20-21-16(22)10-4-2-5-10)9-19-17(23)13-8-11-6-3-7-12(18)15(11)24-13/h3,6-7,10,13H,2,4-5,8-9H2,1H3,(H,19,23). The van der Waals surface area contributed by atoms with Crippen molar-refractivity contribution in [2.45, 2.75) is 44.2 Å². The van der Waals surface area contributed by atoms with Gasteiger partial charge >= 0.3 is 0 Å². The van der Waals surface area contributed by atoms with E-state index >= 15 is 0 Å². The van der Waals surface area contributed by atoms with Crippen molar-refractivity contribution >= 4 is 5.91 Å². The summed E-state index contributed by atoms with van der Waals surface area (Å²) in [6.45, 7) is 0.285. The van der Waals surface area contributed by atoms with Gasteiger partial charge in [-0.15, -0.1) is 10.2 Å². The second kappa shape index (κ2) is 5.89. The molecule has 2 aromatic rings. The molecule has 0 saturated heterocycles. The number of aromatic nitrogens is 3. The Morgan fingerprint density at radius 1 is 1.42 bits per heavy atom. The van der Waals surface area contributed by atoms with E-state index in [-0.39, 0.29) is 18.2 Å². The van der Waals surface area contributed by atoms with Crippen molar-refractivity contribution < 1.29 is 13.9 Å². The molecular weight excluding hydrogens is 311 g/mol. The Kier molecular flexibility index (Phi) is 3.70. The first kappa shape index (κ1) is 15.1. The summed E-state index contributed by atoms with van der Waals surface area (Å²) in [4.78, 5) is 12.3. The van der Waals surface area contributed by atoms with Crippen LogP contribution in [0.4, 0.5) is 4.39 Å². The Morgan fingerprint density at radius 3 is 2.96 bits per heavy atom. The fourth-order valence-corrected chi connectivity index (χ4v) is 3.21. The summed E-state index contributed by atoms with van der Waals surface area (Å²) in [5.74, 6) is 1.68. The second-order valence-corrected chi connectivity index (χ2v) is 6.42. The lowest BCUT2D eigenvalue weighted by molar-refractivity contribution is -0.127. The van der Waals surface area contributed by atoms with E-state index < -0.39 is 11.9 Å². The van der Waals surface area contributed by atoms with E-state index in [0.29, 0.717) is 18.2 Å². The third-order valence-corrected chi connectivity index (χ3v) is 4.90. The monoisotopic (exact) mass is 330 g/mol. The molecule has 1 fully saturated rings. The summed E-state index contributed by atoms with van der Waals surface area (Å²) >= 11 is 0. The minimum atomic E-state index is -0.698. The predicted molar refractivity (Wildman–Crippen MR) is 84.0 cm³/mol. The van der Waals surface area contributed by atoms with Gasteiger partial charge in [0.15, 0.2) is 23.5 Å². The molecule has 1 aliphatic carbocycles. The van der Waals surface area contributed by atoms with Crippen molar-refractivity contribution in [3.05, 3.63) is 41.2 Å². The van der Waals surface area contributed by atoms with Crippen LogP contribution in [-0.2, 0) is 24.8 Å². The van der Waals surface area contributed by atoms with Crippen molar-refractivity contribution in [3.8, 4) is 5.75 Å². The Bertz CT molecular complexity index is 785. The van der Waals surface area contributed by atoms with Crippen LogP contribution in [0.2, 0.25) is 0 Å². The number of carbonyl (C=O) groups is 1. The summed E-state index contributed by atoms with van der Waals surface area (Å²) < 4.78 is 21.1. The lowest BCUT2D eigenvalue weighted by Gasteiger charge is -2.24. The minimum absolute atomic E-state index is 0.184. The van der Waals surface area contributed by atoms with Gasteiger partial charge in [0.1, 0.15) is 5.82 Å². The van der Waals surface area contributed by atoms with Gasteiger partial charge in [-0.25, -0.2) is 4.39 Å². The van der Waals surface area contributed by atoms with E-state index in [2.05, 4.69) is 15.5 Å². The maximum absolute atomic E-state index is 13.7. The molecule has 1 unspecified atom stereocenters. The molecule has 1 saturated carbocycles. The molecule has 1 amide bonds. The molecule has 24 heavy (non-hydrogen) atoms. The highest BCUT2D eigenvalue weighted by Crippen LogP contribution is 2.35. The summed E-state index contributed by atoms with van der Waals surface area (Å²) in [6.07, 6.45) is 3.22.